The van der Waals surface area contributed by atoms with Gasteiger partial charge in [-0.1, -0.05) is 17.7 Å². The molecule has 0 spiro atoms. The smallest absolute Gasteiger partial charge is 0.379 e. The second kappa shape index (κ2) is 4.46. The molecule has 1 atom stereocenters. The molecule has 0 aromatic rings. The van der Waals surface area contributed by atoms with Crippen molar-refractivity contribution in [2.24, 2.45) is 0 Å². The van der Waals surface area contributed by atoms with Gasteiger partial charge in [-0.3, -0.25) is 0 Å². The predicted octanol–water partition coefficient (Wildman–Crippen LogP) is 2.82. The summed E-state index contributed by atoms with van der Waals surface area (Å²) in [6, 6.07) is 0. The van der Waals surface area contributed by atoms with Gasteiger partial charge in [0.05, 0.1) is 0 Å². The number of rotatable bonds is 2. The first kappa shape index (κ1) is 12.2. The number of hydrogen-bond donors (Lipinski definition) is 1. The van der Waals surface area contributed by atoms with Gasteiger partial charge in [-0.05, 0) is 26.3 Å². The van der Waals surface area contributed by atoms with Gasteiger partial charge >= 0.3 is 6.18 Å². The fourth-order valence-electron chi connectivity index (χ4n) is 0.647. The van der Waals surface area contributed by atoms with Gasteiger partial charge in [-0.15, -0.1) is 0 Å². The van der Waals surface area contributed by atoms with Crippen LogP contribution in [0.5, 0.6) is 0 Å². The van der Waals surface area contributed by atoms with Crippen LogP contribution >= 0.6 is 0 Å². The highest BCUT2D eigenvalue weighted by molar-refractivity contribution is 5.18. The number of halogens is 3. The van der Waals surface area contributed by atoms with Crippen LogP contribution in [0.2, 0.25) is 0 Å². The summed E-state index contributed by atoms with van der Waals surface area (Å²) in [5, 5.41) is 8.74. The predicted molar refractivity (Wildman–Crippen MR) is 45.2 cm³/mol. The van der Waals surface area contributed by atoms with Crippen molar-refractivity contribution in [2.75, 3.05) is 0 Å². The van der Waals surface area contributed by atoms with Gasteiger partial charge in [0.25, 0.3) is 0 Å². The van der Waals surface area contributed by atoms with E-state index in [1.807, 2.05) is 0 Å². The van der Waals surface area contributed by atoms with E-state index in [0.29, 0.717) is 0 Å². The zero-order valence-electron chi connectivity index (χ0n) is 7.81. The summed E-state index contributed by atoms with van der Waals surface area (Å²) in [5.41, 5.74) is 0.780. The van der Waals surface area contributed by atoms with E-state index in [1.165, 1.54) is 19.1 Å². The lowest BCUT2D eigenvalue weighted by atomic mass is 10.1. The van der Waals surface area contributed by atoms with Crippen LogP contribution in [0.3, 0.4) is 0 Å². The summed E-state index contributed by atoms with van der Waals surface area (Å²) in [6.45, 7) is 4.78. The minimum Gasteiger partial charge on any atom is -0.379 e. The van der Waals surface area contributed by atoms with E-state index in [0.717, 1.165) is 5.57 Å². The molecule has 0 heterocycles. The summed E-state index contributed by atoms with van der Waals surface area (Å²) in [4.78, 5) is 0. The highest BCUT2D eigenvalue weighted by Gasteiger charge is 2.38. The van der Waals surface area contributed by atoms with Crippen LogP contribution in [0.25, 0.3) is 0 Å². The average molecular weight is 194 g/mol. The standard InChI is InChI=1S/C9H13F3O/c1-6(2)4-5-7(3)8(13)9(10,11)12/h4-5,8,13H,1-3H3. The van der Waals surface area contributed by atoms with Crippen LogP contribution < -0.4 is 0 Å². The van der Waals surface area contributed by atoms with Gasteiger partial charge in [-0.2, -0.15) is 13.2 Å². The monoisotopic (exact) mass is 194 g/mol. The molecule has 1 unspecified atom stereocenters. The lowest BCUT2D eigenvalue weighted by Gasteiger charge is -2.14. The first-order chi connectivity index (χ1) is 5.75. The maximum Gasteiger partial charge on any atom is 0.418 e. The number of alkyl halides is 3. The van der Waals surface area contributed by atoms with Gasteiger partial charge in [0.2, 0.25) is 0 Å². The van der Waals surface area contributed by atoms with Crippen molar-refractivity contribution in [1.82, 2.24) is 0 Å². The Morgan fingerprint density at radius 2 is 1.62 bits per heavy atom. The first-order valence-corrected chi connectivity index (χ1v) is 3.81. The molecule has 76 valence electrons. The second-order valence-electron chi connectivity index (χ2n) is 3.10. The lowest BCUT2D eigenvalue weighted by molar-refractivity contribution is -0.191. The quantitative estimate of drug-likeness (QED) is 0.670. The van der Waals surface area contributed by atoms with Crippen LogP contribution in [0, 0.1) is 0 Å². The summed E-state index contributed by atoms with van der Waals surface area (Å²) in [7, 11) is 0. The van der Waals surface area contributed by atoms with Crippen LogP contribution in [-0.4, -0.2) is 17.4 Å². The van der Waals surface area contributed by atoms with E-state index >= 15 is 0 Å². The minimum absolute atomic E-state index is 0.103. The third kappa shape index (κ3) is 4.72. The molecule has 1 N–H and O–H groups in total. The molecule has 0 bridgehead atoms. The SMILES string of the molecule is CC(C)=CC=C(C)C(O)C(F)(F)F. The molecule has 0 saturated heterocycles. The van der Waals surface area contributed by atoms with E-state index < -0.39 is 12.3 Å². The Morgan fingerprint density at radius 3 is 1.92 bits per heavy atom. The van der Waals surface area contributed by atoms with Crippen molar-refractivity contribution < 1.29 is 18.3 Å². The van der Waals surface area contributed by atoms with E-state index in [2.05, 4.69) is 0 Å². The molecule has 0 aliphatic carbocycles. The molecule has 1 nitrogen and oxygen atoms in total. The second-order valence-corrected chi connectivity index (χ2v) is 3.10. The Kier molecular flexibility index (Phi) is 4.20. The molecule has 0 rings (SSSR count). The van der Waals surface area contributed by atoms with Crippen molar-refractivity contribution in [1.29, 1.82) is 0 Å². The fraction of sp³-hybridized carbons (Fsp3) is 0.556. The van der Waals surface area contributed by atoms with E-state index in [1.54, 1.807) is 13.8 Å². The van der Waals surface area contributed by atoms with Gasteiger partial charge in [-0.25, -0.2) is 0 Å². The molecule has 0 aliphatic heterocycles. The highest BCUT2D eigenvalue weighted by Crippen LogP contribution is 2.24. The van der Waals surface area contributed by atoms with Gasteiger partial charge < -0.3 is 5.11 Å². The molecule has 0 amide bonds. The Labute approximate surface area is 75.6 Å². The average Bonchev–Trinajstić information content (AvgIpc) is 1.96. The lowest BCUT2D eigenvalue weighted by Crippen LogP contribution is -2.29. The minimum atomic E-state index is -4.57. The zero-order valence-corrected chi connectivity index (χ0v) is 7.81. The normalized spacial score (nSPS) is 15.5. The summed E-state index contributed by atoms with van der Waals surface area (Å²) in [6.07, 6.45) is -4.13. The Balaban J connectivity index is 4.52. The number of allylic oxidation sites excluding steroid dienone is 3. The van der Waals surface area contributed by atoms with E-state index in [-0.39, 0.29) is 5.57 Å². The summed E-state index contributed by atoms with van der Waals surface area (Å²) in [5.74, 6) is 0. The van der Waals surface area contributed by atoms with Crippen molar-refractivity contribution in [3.63, 3.8) is 0 Å². The molecule has 4 heteroatoms. The Morgan fingerprint density at radius 1 is 1.15 bits per heavy atom. The van der Waals surface area contributed by atoms with Crippen LogP contribution in [0.4, 0.5) is 13.2 Å². The van der Waals surface area contributed by atoms with Gasteiger partial charge in [0, 0.05) is 0 Å². The maximum absolute atomic E-state index is 11.9. The zero-order chi connectivity index (χ0) is 10.6. The number of aliphatic hydroxyl groups excluding tert-OH is 1. The Hall–Kier alpha value is -0.770. The fourth-order valence-corrected chi connectivity index (χ4v) is 0.647. The molecule has 0 aliphatic rings. The number of aliphatic hydroxyl groups is 1. The molecule has 0 aromatic heterocycles. The molecular weight excluding hydrogens is 181 g/mol. The van der Waals surface area contributed by atoms with Gasteiger partial charge in [0.15, 0.2) is 6.10 Å². The van der Waals surface area contributed by atoms with E-state index in [9.17, 15) is 13.2 Å². The van der Waals surface area contributed by atoms with Crippen molar-refractivity contribution in [2.45, 2.75) is 33.1 Å². The first-order valence-electron chi connectivity index (χ1n) is 3.81. The maximum atomic E-state index is 11.9. The van der Waals surface area contributed by atoms with Crippen molar-refractivity contribution in [3.05, 3.63) is 23.3 Å². The molecular formula is C9H13F3O. The molecule has 0 aromatic carbocycles. The van der Waals surface area contributed by atoms with Crippen molar-refractivity contribution in [3.8, 4) is 0 Å². The summed E-state index contributed by atoms with van der Waals surface area (Å²) < 4.78 is 35.7. The Bertz CT molecular complexity index is 222. The highest BCUT2D eigenvalue weighted by atomic mass is 19.4. The largest absolute Gasteiger partial charge is 0.418 e. The molecule has 13 heavy (non-hydrogen) atoms. The van der Waals surface area contributed by atoms with Crippen molar-refractivity contribution >= 4 is 0 Å². The van der Waals surface area contributed by atoms with E-state index in [4.69, 9.17) is 5.11 Å². The van der Waals surface area contributed by atoms with Crippen LogP contribution in [-0.2, 0) is 0 Å². The van der Waals surface area contributed by atoms with Crippen LogP contribution in [0.1, 0.15) is 20.8 Å². The molecule has 0 radical (unpaired) electrons. The van der Waals surface area contributed by atoms with Gasteiger partial charge in [0.1, 0.15) is 0 Å². The van der Waals surface area contributed by atoms with Crippen LogP contribution in [0.15, 0.2) is 23.3 Å². The molecule has 0 saturated carbocycles. The third-order valence-corrected chi connectivity index (χ3v) is 1.42. The number of hydrogen-bond acceptors (Lipinski definition) is 1. The third-order valence-electron chi connectivity index (χ3n) is 1.42. The summed E-state index contributed by atoms with van der Waals surface area (Å²) >= 11 is 0. The topological polar surface area (TPSA) is 20.2 Å². The molecule has 0 fully saturated rings.